The van der Waals surface area contributed by atoms with Crippen LogP contribution in [0.5, 0.6) is 0 Å². The Morgan fingerprint density at radius 3 is 2.68 bits per heavy atom. The van der Waals surface area contributed by atoms with Crippen molar-refractivity contribution >= 4 is 29.0 Å². The van der Waals surface area contributed by atoms with Crippen LogP contribution in [0.15, 0.2) is 42.0 Å². The van der Waals surface area contributed by atoms with Crippen LogP contribution in [0.2, 0.25) is 0 Å². The maximum Gasteiger partial charge on any atom is 0.330 e. The zero-order chi connectivity index (χ0) is 19.5. The number of likely N-dealkylation sites (tertiary alicyclic amines) is 1. The zero-order valence-electron chi connectivity index (χ0n) is 16.7. The smallest absolute Gasteiger partial charge is 0.330 e. The molecular weight excluding hydrogens is 366 g/mol. The van der Waals surface area contributed by atoms with E-state index in [1.807, 2.05) is 24.3 Å². The Bertz CT molecular complexity index is 928. The van der Waals surface area contributed by atoms with Crippen LogP contribution < -0.4 is 0 Å². The molecule has 0 N–H and O–H groups in total. The molecule has 0 radical (unpaired) electrons. The number of carbonyl (C=O) groups is 1. The number of rotatable bonds is 3. The molecule has 0 saturated carbocycles. The molecule has 0 bridgehead atoms. The van der Waals surface area contributed by atoms with Gasteiger partial charge in [0.05, 0.1) is 6.61 Å². The number of piperidine rings is 1. The highest BCUT2D eigenvalue weighted by molar-refractivity contribution is 7.14. The van der Waals surface area contributed by atoms with Gasteiger partial charge in [0.2, 0.25) is 0 Å². The molecule has 4 heteroatoms. The topological polar surface area (TPSA) is 29.5 Å². The van der Waals surface area contributed by atoms with E-state index in [4.69, 9.17) is 4.74 Å². The number of hydrogen-bond acceptors (Lipinski definition) is 4. The third kappa shape index (κ3) is 3.98. The molecule has 4 rings (SSSR count). The summed E-state index contributed by atoms with van der Waals surface area (Å²) >= 11 is 1.81. The summed E-state index contributed by atoms with van der Waals surface area (Å²) in [6.45, 7) is 4.48. The molecule has 2 heterocycles. The van der Waals surface area contributed by atoms with Crippen LogP contribution in [0.1, 0.15) is 46.2 Å². The van der Waals surface area contributed by atoms with Gasteiger partial charge in [0.25, 0.3) is 0 Å². The molecule has 3 nitrogen and oxygen atoms in total. The maximum absolute atomic E-state index is 11.7. The van der Waals surface area contributed by atoms with Crippen LogP contribution in [-0.2, 0) is 22.4 Å². The fourth-order valence-corrected chi connectivity index (χ4v) is 5.35. The lowest BCUT2D eigenvalue weighted by Crippen LogP contribution is -2.26. The Balaban J connectivity index is 1.77. The van der Waals surface area contributed by atoms with E-state index in [1.165, 1.54) is 27.1 Å². The van der Waals surface area contributed by atoms with Crippen molar-refractivity contribution in [2.24, 2.45) is 0 Å². The first-order chi connectivity index (χ1) is 13.7. The standard InChI is InChI=1S/C24H27NO2S/c1-3-27-22(26)11-10-20-16-19-9-8-17-6-4-5-7-21(17)23(24(19)28-20)18-12-14-25(2)15-13-18/h4-7,10-11,16H,3,8-9,12-15H2,1-2H3/b11-10+. The summed E-state index contributed by atoms with van der Waals surface area (Å²) in [6.07, 6.45) is 7.83. The Labute approximate surface area is 171 Å². The predicted octanol–water partition coefficient (Wildman–Crippen LogP) is 4.95. The highest BCUT2D eigenvalue weighted by Gasteiger charge is 2.24. The van der Waals surface area contributed by atoms with Gasteiger partial charge in [-0.2, -0.15) is 0 Å². The van der Waals surface area contributed by atoms with Gasteiger partial charge in [-0.05, 0) is 74.1 Å². The third-order valence-electron chi connectivity index (χ3n) is 5.62. The summed E-state index contributed by atoms with van der Waals surface area (Å²) < 4.78 is 5.02. The lowest BCUT2D eigenvalue weighted by atomic mass is 9.90. The van der Waals surface area contributed by atoms with Crippen LogP contribution in [-0.4, -0.2) is 37.6 Å². The summed E-state index contributed by atoms with van der Waals surface area (Å²) in [4.78, 5) is 16.6. The Kier molecular flexibility index (Phi) is 5.79. The molecule has 146 valence electrons. The zero-order valence-corrected chi connectivity index (χ0v) is 17.5. The van der Waals surface area contributed by atoms with Crippen molar-refractivity contribution < 1.29 is 9.53 Å². The summed E-state index contributed by atoms with van der Waals surface area (Å²) in [5.74, 6) is -0.273. The van der Waals surface area contributed by atoms with Crippen LogP contribution >= 0.6 is 11.3 Å². The van der Waals surface area contributed by atoms with Gasteiger partial charge < -0.3 is 9.64 Å². The molecule has 0 spiro atoms. The number of benzene rings is 1. The van der Waals surface area contributed by atoms with Gasteiger partial charge in [0.15, 0.2) is 0 Å². The maximum atomic E-state index is 11.7. The second-order valence-corrected chi connectivity index (χ2v) is 8.61. The SMILES string of the molecule is CCOC(=O)/C=C/c1cc2c(s1)C(=C1CCN(C)CC1)c1ccccc1CC2. The lowest BCUT2D eigenvalue weighted by molar-refractivity contribution is -0.137. The van der Waals surface area contributed by atoms with Gasteiger partial charge in [-0.1, -0.05) is 29.8 Å². The van der Waals surface area contributed by atoms with E-state index in [0.717, 1.165) is 43.6 Å². The molecular formula is C24H27NO2S. The predicted molar refractivity (Wildman–Crippen MR) is 117 cm³/mol. The molecule has 1 fully saturated rings. The van der Waals surface area contributed by atoms with Crippen LogP contribution in [0.25, 0.3) is 11.6 Å². The van der Waals surface area contributed by atoms with Gasteiger partial charge in [-0.15, -0.1) is 11.3 Å². The number of esters is 1. The molecule has 2 aliphatic rings. The van der Waals surface area contributed by atoms with Crippen molar-refractivity contribution in [3.63, 3.8) is 0 Å². The van der Waals surface area contributed by atoms with E-state index < -0.39 is 0 Å². The van der Waals surface area contributed by atoms with Crippen molar-refractivity contribution in [3.05, 3.63) is 68.4 Å². The van der Waals surface area contributed by atoms with E-state index in [2.05, 4.69) is 42.3 Å². The molecule has 1 aromatic heterocycles. The van der Waals surface area contributed by atoms with Crippen molar-refractivity contribution in [1.82, 2.24) is 4.90 Å². The molecule has 1 saturated heterocycles. The summed E-state index contributed by atoms with van der Waals surface area (Å²) in [5, 5.41) is 0. The first-order valence-electron chi connectivity index (χ1n) is 10.1. The van der Waals surface area contributed by atoms with E-state index in [0.29, 0.717) is 6.61 Å². The normalized spacial score (nSPS) is 17.4. The molecule has 0 unspecified atom stereocenters. The van der Waals surface area contributed by atoms with Crippen molar-refractivity contribution in [1.29, 1.82) is 0 Å². The van der Waals surface area contributed by atoms with Gasteiger partial charge in [0.1, 0.15) is 0 Å². The first kappa shape index (κ1) is 19.2. The number of aryl methyl sites for hydroxylation is 2. The van der Waals surface area contributed by atoms with E-state index in [1.54, 1.807) is 11.6 Å². The van der Waals surface area contributed by atoms with Crippen LogP contribution in [0, 0.1) is 0 Å². The lowest BCUT2D eigenvalue weighted by Gasteiger charge is -2.27. The van der Waals surface area contributed by atoms with Gasteiger partial charge in [-0.3, -0.25) is 0 Å². The second-order valence-electron chi connectivity index (χ2n) is 7.53. The molecule has 0 atom stereocenters. The number of hydrogen-bond donors (Lipinski definition) is 0. The van der Waals surface area contributed by atoms with Gasteiger partial charge in [-0.25, -0.2) is 4.79 Å². The number of carbonyl (C=O) groups excluding carboxylic acids is 1. The van der Waals surface area contributed by atoms with Crippen molar-refractivity contribution in [2.75, 3.05) is 26.7 Å². The van der Waals surface area contributed by atoms with E-state index in [-0.39, 0.29) is 5.97 Å². The fraction of sp³-hybridized carbons (Fsp3) is 0.375. The molecule has 28 heavy (non-hydrogen) atoms. The Morgan fingerprint density at radius 1 is 1.14 bits per heavy atom. The summed E-state index contributed by atoms with van der Waals surface area (Å²) in [6, 6.07) is 11.1. The minimum atomic E-state index is -0.273. The van der Waals surface area contributed by atoms with Crippen LogP contribution in [0.3, 0.4) is 0 Å². The highest BCUT2D eigenvalue weighted by atomic mass is 32.1. The highest BCUT2D eigenvalue weighted by Crippen LogP contribution is 2.42. The van der Waals surface area contributed by atoms with Gasteiger partial charge in [0, 0.05) is 28.9 Å². The minimum Gasteiger partial charge on any atom is -0.463 e. The molecule has 2 aromatic rings. The molecule has 1 aliphatic carbocycles. The average molecular weight is 394 g/mol. The third-order valence-corrected chi connectivity index (χ3v) is 6.78. The molecule has 1 aromatic carbocycles. The Morgan fingerprint density at radius 2 is 1.89 bits per heavy atom. The number of fused-ring (bicyclic) bond motifs is 2. The number of ether oxygens (including phenoxy) is 1. The first-order valence-corrected chi connectivity index (χ1v) is 10.9. The largest absolute Gasteiger partial charge is 0.463 e. The monoisotopic (exact) mass is 393 g/mol. The molecule has 1 aliphatic heterocycles. The van der Waals surface area contributed by atoms with E-state index >= 15 is 0 Å². The van der Waals surface area contributed by atoms with Crippen molar-refractivity contribution in [3.8, 4) is 0 Å². The summed E-state index contributed by atoms with van der Waals surface area (Å²) in [7, 11) is 2.21. The average Bonchev–Trinajstić information content (AvgIpc) is 3.04. The van der Waals surface area contributed by atoms with Crippen LogP contribution in [0.4, 0.5) is 0 Å². The number of thiophene rings is 1. The van der Waals surface area contributed by atoms with Crippen molar-refractivity contribution in [2.45, 2.75) is 32.6 Å². The minimum absolute atomic E-state index is 0.273. The fourth-order valence-electron chi connectivity index (χ4n) is 4.13. The second kappa shape index (κ2) is 8.46. The quantitative estimate of drug-likeness (QED) is 0.546. The number of nitrogens with zero attached hydrogens (tertiary/aromatic N) is 1. The summed E-state index contributed by atoms with van der Waals surface area (Å²) in [5.41, 5.74) is 7.30. The van der Waals surface area contributed by atoms with E-state index in [9.17, 15) is 4.79 Å². The molecule has 0 amide bonds. The Hall–Kier alpha value is -2.17. The van der Waals surface area contributed by atoms with Gasteiger partial charge >= 0.3 is 5.97 Å².